The molecule has 124 valence electrons. The summed E-state index contributed by atoms with van der Waals surface area (Å²) in [6.45, 7) is 4.17. The van der Waals surface area contributed by atoms with Gasteiger partial charge in [0.15, 0.2) is 5.79 Å². The molecule has 2 aliphatic rings. The minimum absolute atomic E-state index is 0.0271. The van der Waals surface area contributed by atoms with Crippen molar-refractivity contribution in [2.45, 2.75) is 37.9 Å². The zero-order valence-electron chi connectivity index (χ0n) is 12.6. The van der Waals surface area contributed by atoms with Crippen LogP contribution in [0.15, 0.2) is 29.4 Å². The van der Waals surface area contributed by atoms with Crippen LogP contribution < -0.4 is 5.43 Å². The van der Waals surface area contributed by atoms with Gasteiger partial charge in [0.1, 0.15) is 22.9 Å². The van der Waals surface area contributed by atoms with E-state index in [1.165, 1.54) is 12.1 Å². The van der Waals surface area contributed by atoms with Crippen molar-refractivity contribution in [3.8, 4) is 0 Å². The fraction of sp³-hybridized carbons (Fsp3) is 0.500. The Kier molecular flexibility index (Phi) is 4.37. The third-order valence-corrected chi connectivity index (χ3v) is 4.19. The maximum Gasteiger partial charge on any atom is 0.269 e. The number of hydrazone groups is 1. The van der Waals surface area contributed by atoms with E-state index in [2.05, 4.69) is 26.5 Å². The minimum atomic E-state index is -0.629. The summed E-state index contributed by atoms with van der Waals surface area (Å²) in [5.41, 5.74) is 3.49. The molecule has 0 aromatic heterocycles. The van der Waals surface area contributed by atoms with Crippen molar-refractivity contribution in [3.63, 3.8) is 0 Å². The third-order valence-electron chi connectivity index (χ3n) is 3.56. The summed E-state index contributed by atoms with van der Waals surface area (Å²) >= 11 is 3.39. The van der Waals surface area contributed by atoms with E-state index < -0.39 is 10.7 Å². The molecule has 0 radical (unpaired) electrons. The normalized spacial score (nSPS) is 29.3. The smallest absolute Gasteiger partial charge is 0.269 e. The second kappa shape index (κ2) is 6.16. The Balaban J connectivity index is 1.65. The topological polar surface area (TPSA) is 95.2 Å². The highest BCUT2D eigenvalue weighted by Gasteiger charge is 2.51. The van der Waals surface area contributed by atoms with Crippen molar-refractivity contribution in [1.29, 1.82) is 0 Å². The number of non-ortho nitro benzene ring substituents is 1. The fourth-order valence-corrected chi connectivity index (χ4v) is 3.07. The summed E-state index contributed by atoms with van der Waals surface area (Å²) in [5, 5.41) is 14.8. The highest BCUT2D eigenvalue weighted by atomic mass is 79.9. The number of nitrogens with one attached hydrogen (secondary N) is 1. The van der Waals surface area contributed by atoms with Gasteiger partial charge in [-0.1, -0.05) is 0 Å². The van der Waals surface area contributed by atoms with Gasteiger partial charge in [0, 0.05) is 12.1 Å². The van der Waals surface area contributed by atoms with Crippen LogP contribution in [0.25, 0.3) is 0 Å². The van der Waals surface area contributed by atoms with Gasteiger partial charge in [-0.25, -0.2) is 0 Å². The molecule has 0 spiro atoms. The first-order chi connectivity index (χ1) is 10.9. The number of nitro benzene ring substituents is 1. The Morgan fingerprint density at radius 2 is 2.09 bits per heavy atom. The monoisotopic (exact) mass is 385 g/mol. The van der Waals surface area contributed by atoms with Crippen LogP contribution in [0, 0.1) is 10.1 Å². The molecule has 8 nitrogen and oxygen atoms in total. The highest BCUT2D eigenvalue weighted by Crippen LogP contribution is 2.36. The zero-order chi connectivity index (χ0) is 16.6. The molecule has 0 unspecified atom stereocenters. The Bertz CT molecular complexity index is 634. The fourth-order valence-electron chi connectivity index (χ4n) is 2.59. The average molecular weight is 386 g/mol. The lowest BCUT2D eigenvalue weighted by molar-refractivity contribution is -0.384. The summed E-state index contributed by atoms with van der Waals surface area (Å²) < 4.78 is 17.8. The molecule has 2 aliphatic heterocycles. The van der Waals surface area contributed by atoms with E-state index >= 15 is 0 Å². The Labute approximate surface area is 141 Å². The standard InChI is InChI=1S/C14H16BrN3O5/c1-14(2)22-10-7-21-12(11(10)23-14)13(15)17-16-8-3-5-9(6-4-8)18(19)20/h3-6,10-12,16H,7H2,1-2H3/b17-13+/t10-,11-,12+/m0/s1. The van der Waals surface area contributed by atoms with Crippen LogP contribution in [0.4, 0.5) is 11.4 Å². The Morgan fingerprint density at radius 1 is 1.39 bits per heavy atom. The number of fused-ring (bicyclic) bond motifs is 1. The molecular weight excluding hydrogens is 370 g/mol. The van der Waals surface area contributed by atoms with Gasteiger partial charge in [-0.05, 0) is 41.9 Å². The quantitative estimate of drug-likeness (QED) is 0.486. The third kappa shape index (κ3) is 3.52. The van der Waals surface area contributed by atoms with Crippen molar-refractivity contribution in [2.24, 2.45) is 5.10 Å². The van der Waals surface area contributed by atoms with Crippen molar-refractivity contribution >= 4 is 31.9 Å². The van der Waals surface area contributed by atoms with E-state index in [4.69, 9.17) is 14.2 Å². The van der Waals surface area contributed by atoms with E-state index in [0.717, 1.165) is 0 Å². The van der Waals surface area contributed by atoms with Gasteiger partial charge in [-0.3, -0.25) is 15.5 Å². The summed E-state index contributed by atoms with van der Waals surface area (Å²) in [5.74, 6) is -0.629. The van der Waals surface area contributed by atoms with Gasteiger partial charge in [-0.2, -0.15) is 5.10 Å². The van der Waals surface area contributed by atoms with Crippen LogP contribution in [0.3, 0.4) is 0 Å². The van der Waals surface area contributed by atoms with Crippen molar-refractivity contribution in [2.75, 3.05) is 12.0 Å². The maximum absolute atomic E-state index is 10.6. The average Bonchev–Trinajstić information content (AvgIpc) is 3.00. The highest BCUT2D eigenvalue weighted by molar-refractivity contribution is 9.18. The first kappa shape index (κ1) is 16.3. The molecule has 2 fully saturated rings. The molecule has 1 N–H and O–H groups in total. The van der Waals surface area contributed by atoms with Crippen LogP contribution in [-0.4, -0.2) is 40.3 Å². The number of nitrogens with zero attached hydrogens (tertiary/aromatic N) is 2. The lowest BCUT2D eigenvalue weighted by atomic mass is 10.2. The van der Waals surface area contributed by atoms with Crippen molar-refractivity contribution in [1.82, 2.24) is 0 Å². The van der Waals surface area contributed by atoms with Gasteiger partial charge in [-0.15, -0.1) is 0 Å². The largest absolute Gasteiger partial charge is 0.366 e. The molecule has 2 saturated heterocycles. The van der Waals surface area contributed by atoms with Gasteiger partial charge in [0.05, 0.1) is 17.2 Å². The first-order valence-electron chi connectivity index (χ1n) is 7.06. The molecule has 3 rings (SSSR count). The summed E-state index contributed by atoms with van der Waals surface area (Å²) in [7, 11) is 0. The number of ether oxygens (including phenoxy) is 3. The van der Waals surface area contributed by atoms with Gasteiger partial charge < -0.3 is 14.2 Å². The van der Waals surface area contributed by atoms with Gasteiger partial charge in [0.25, 0.3) is 5.69 Å². The molecule has 3 atom stereocenters. The van der Waals surface area contributed by atoms with E-state index in [-0.39, 0.29) is 24.0 Å². The molecule has 2 heterocycles. The van der Waals surface area contributed by atoms with Crippen molar-refractivity contribution in [3.05, 3.63) is 34.4 Å². The Hall–Kier alpha value is -1.55. The molecule has 0 aliphatic carbocycles. The summed E-state index contributed by atoms with van der Waals surface area (Å²) in [6.07, 6.45) is -0.689. The molecule has 1 aromatic rings. The van der Waals surface area contributed by atoms with Gasteiger partial charge in [0.2, 0.25) is 0 Å². The lowest BCUT2D eigenvalue weighted by Crippen LogP contribution is -2.33. The summed E-state index contributed by atoms with van der Waals surface area (Å²) in [4.78, 5) is 10.2. The predicted octanol–water partition coefficient (Wildman–Crippen LogP) is 2.63. The number of anilines is 1. The zero-order valence-corrected chi connectivity index (χ0v) is 14.1. The number of halogens is 1. The molecule has 9 heteroatoms. The molecule has 0 saturated carbocycles. The second-order valence-electron chi connectivity index (χ2n) is 5.74. The number of nitro groups is 1. The van der Waals surface area contributed by atoms with E-state index in [1.807, 2.05) is 13.8 Å². The van der Waals surface area contributed by atoms with Crippen molar-refractivity contribution < 1.29 is 19.1 Å². The maximum atomic E-state index is 10.6. The second-order valence-corrected chi connectivity index (χ2v) is 6.56. The number of hydrogen-bond donors (Lipinski definition) is 1. The van der Waals surface area contributed by atoms with Crippen LogP contribution in [-0.2, 0) is 14.2 Å². The number of benzene rings is 1. The van der Waals surface area contributed by atoms with E-state index in [0.29, 0.717) is 16.9 Å². The predicted molar refractivity (Wildman–Crippen MR) is 86.6 cm³/mol. The van der Waals surface area contributed by atoms with E-state index in [9.17, 15) is 10.1 Å². The lowest BCUT2D eigenvalue weighted by Gasteiger charge is -2.21. The van der Waals surface area contributed by atoms with Crippen LogP contribution >= 0.6 is 15.9 Å². The first-order valence-corrected chi connectivity index (χ1v) is 7.86. The van der Waals surface area contributed by atoms with Crippen LogP contribution in [0.5, 0.6) is 0 Å². The summed E-state index contributed by atoms with van der Waals surface area (Å²) in [6, 6.07) is 5.98. The number of rotatable bonds is 4. The number of hydrogen-bond acceptors (Lipinski definition) is 7. The molecular formula is C14H16BrN3O5. The van der Waals surface area contributed by atoms with Gasteiger partial charge >= 0.3 is 0 Å². The molecule has 23 heavy (non-hydrogen) atoms. The van der Waals surface area contributed by atoms with Crippen LogP contribution in [0.1, 0.15) is 13.8 Å². The Morgan fingerprint density at radius 3 is 2.74 bits per heavy atom. The minimum Gasteiger partial charge on any atom is -0.366 e. The molecule has 0 amide bonds. The van der Waals surface area contributed by atoms with E-state index in [1.54, 1.807) is 12.1 Å². The molecule has 1 aromatic carbocycles. The SMILES string of the molecule is CC1(C)O[C@H]2[C@H](CO[C@H]2/C(Br)=N\Nc2ccc([N+](=O)[O-])cc2)O1. The van der Waals surface area contributed by atoms with Crippen LogP contribution in [0.2, 0.25) is 0 Å². The molecule has 0 bridgehead atoms.